The molecule has 100 valence electrons. The minimum absolute atomic E-state index is 0.132. The number of fused-ring (bicyclic) bond motifs is 1. The molecule has 2 rings (SSSR count). The van der Waals surface area contributed by atoms with Gasteiger partial charge in [0, 0.05) is 11.1 Å². The lowest BCUT2D eigenvalue weighted by atomic mass is 10.1. The first kappa shape index (κ1) is 13.1. The molecule has 0 aliphatic heterocycles. The average Bonchev–Trinajstić information content (AvgIpc) is 2.71. The molecule has 0 radical (unpaired) electrons. The van der Waals surface area contributed by atoms with Crippen LogP contribution in [0.15, 0.2) is 24.3 Å². The lowest BCUT2D eigenvalue weighted by Gasteiger charge is -2.05. The van der Waals surface area contributed by atoms with Gasteiger partial charge in [-0.25, -0.2) is 9.36 Å². The highest BCUT2D eigenvalue weighted by Crippen LogP contribution is 2.26. The lowest BCUT2D eigenvalue weighted by molar-refractivity contribution is -0.139. The third-order valence-corrected chi connectivity index (χ3v) is 3.15. The van der Waals surface area contributed by atoms with Gasteiger partial charge in [-0.15, -0.1) is 0 Å². The van der Waals surface area contributed by atoms with Crippen LogP contribution >= 0.6 is 0 Å². The van der Waals surface area contributed by atoms with Crippen LogP contribution in [0.2, 0.25) is 0 Å². The zero-order valence-corrected chi connectivity index (χ0v) is 11.1. The largest absolute Gasteiger partial charge is 0.469 e. The summed E-state index contributed by atoms with van der Waals surface area (Å²) in [6.45, 7) is 1.79. The second kappa shape index (κ2) is 5.14. The van der Waals surface area contributed by atoms with Gasteiger partial charge in [0.1, 0.15) is 0 Å². The monoisotopic (exact) mass is 261 g/mol. The topological polar surface area (TPSA) is 57.5 Å². The average molecular weight is 261 g/mol. The van der Waals surface area contributed by atoms with E-state index in [-0.39, 0.29) is 12.4 Å². The van der Waals surface area contributed by atoms with Gasteiger partial charge in [-0.05, 0) is 18.6 Å². The normalized spacial score (nSPS) is 10.5. The van der Waals surface area contributed by atoms with E-state index in [1.807, 2.05) is 24.3 Å². The summed E-state index contributed by atoms with van der Waals surface area (Å²) in [5.74, 6) is -0.337. The second-order valence-electron chi connectivity index (χ2n) is 4.14. The number of hydrogen-bond acceptors (Lipinski definition) is 4. The van der Waals surface area contributed by atoms with Crippen molar-refractivity contribution in [3.63, 3.8) is 0 Å². The molecule has 0 bridgehead atoms. The Morgan fingerprint density at radius 2 is 1.84 bits per heavy atom. The van der Waals surface area contributed by atoms with Crippen LogP contribution in [-0.4, -0.2) is 30.8 Å². The smallest absolute Gasteiger partial charge is 0.418 e. The van der Waals surface area contributed by atoms with Gasteiger partial charge in [-0.2, -0.15) is 0 Å². The first-order valence-corrected chi connectivity index (χ1v) is 5.84. The van der Waals surface area contributed by atoms with Crippen LogP contribution in [0.5, 0.6) is 0 Å². The molecule has 0 saturated carbocycles. The van der Waals surface area contributed by atoms with Crippen molar-refractivity contribution in [3.8, 4) is 0 Å². The van der Waals surface area contributed by atoms with Crippen molar-refractivity contribution in [2.75, 3.05) is 14.2 Å². The predicted molar refractivity (Wildman–Crippen MR) is 70.2 cm³/mol. The molecule has 0 atom stereocenters. The van der Waals surface area contributed by atoms with Gasteiger partial charge in [0.15, 0.2) is 0 Å². The molecule has 5 nitrogen and oxygen atoms in total. The number of aromatic nitrogens is 1. The quantitative estimate of drug-likeness (QED) is 0.778. The summed E-state index contributed by atoms with van der Waals surface area (Å²) in [4.78, 5) is 23.3. The summed E-state index contributed by atoms with van der Waals surface area (Å²) in [5.41, 5.74) is 2.21. The molecule has 0 saturated heterocycles. The molecule has 5 heteroatoms. The highest BCUT2D eigenvalue weighted by Gasteiger charge is 2.20. The van der Waals surface area contributed by atoms with E-state index < -0.39 is 6.09 Å². The van der Waals surface area contributed by atoms with Gasteiger partial charge in [0.2, 0.25) is 0 Å². The van der Waals surface area contributed by atoms with Crippen molar-refractivity contribution >= 4 is 23.0 Å². The van der Waals surface area contributed by atoms with Gasteiger partial charge in [-0.1, -0.05) is 18.2 Å². The first-order valence-electron chi connectivity index (χ1n) is 5.84. The number of methoxy groups -OCH3 is 2. The van der Waals surface area contributed by atoms with E-state index in [1.54, 1.807) is 6.92 Å². The Morgan fingerprint density at radius 1 is 1.16 bits per heavy atom. The third kappa shape index (κ3) is 2.19. The maximum atomic E-state index is 11.8. The fourth-order valence-electron chi connectivity index (χ4n) is 2.20. The zero-order valence-electron chi connectivity index (χ0n) is 11.1. The summed E-state index contributed by atoms with van der Waals surface area (Å²) in [6.07, 6.45) is -0.336. The molecule has 0 amide bonds. The van der Waals surface area contributed by atoms with Crippen LogP contribution in [-0.2, 0) is 20.7 Å². The molecular weight excluding hydrogens is 246 g/mol. The standard InChI is InChI=1S/C14H15NO4/c1-9-11(8-13(16)18-2)10-6-4-5-7-12(10)15(9)14(17)19-3/h4-7H,8H2,1-3H3. The first-order chi connectivity index (χ1) is 9.10. The van der Waals surface area contributed by atoms with E-state index in [9.17, 15) is 9.59 Å². The Balaban J connectivity index is 2.67. The van der Waals surface area contributed by atoms with Crippen LogP contribution < -0.4 is 0 Å². The fourth-order valence-corrected chi connectivity index (χ4v) is 2.20. The number of benzene rings is 1. The van der Waals surface area contributed by atoms with Crippen LogP contribution in [0.4, 0.5) is 4.79 Å². The Bertz CT molecular complexity index is 642. The van der Waals surface area contributed by atoms with E-state index in [4.69, 9.17) is 4.74 Å². The van der Waals surface area contributed by atoms with Crippen molar-refractivity contribution in [1.29, 1.82) is 0 Å². The number of hydrogen-bond donors (Lipinski definition) is 0. The summed E-state index contributed by atoms with van der Waals surface area (Å²) in [7, 11) is 2.67. The maximum Gasteiger partial charge on any atom is 0.418 e. The van der Waals surface area contributed by atoms with E-state index in [0.717, 1.165) is 16.5 Å². The maximum absolute atomic E-state index is 11.8. The van der Waals surface area contributed by atoms with Crippen LogP contribution in [0.1, 0.15) is 11.3 Å². The molecule has 0 aliphatic carbocycles. The molecule has 19 heavy (non-hydrogen) atoms. The van der Waals surface area contributed by atoms with Crippen molar-refractivity contribution in [2.24, 2.45) is 0 Å². The molecule has 1 heterocycles. The number of nitrogens with zero attached hydrogens (tertiary/aromatic N) is 1. The van der Waals surface area contributed by atoms with Gasteiger partial charge < -0.3 is 9.47 Å². The predicted octanol–water partition coefficient (Wildman–Crippen LogP) is 2.28. The van der Waals surface area contributed by atoms with Crippen molar-refractivity contribution in [3.05, 3.63) is 35.5 Å². The number of rotatable bonds is 2. The van der Waals surface area contributed by atoms with Crippen LogP contribution in [0, 0.1) is 6.92 Å². The third-order valence-electron chi connectivity index (χ3n) is 3.15. The Kier molecular flexibility index (Phi) is 3.55. The number of ether oxygens (including phenoxy) is 2. The molecule has 0 aliphatic rings. The molecule has 1 aromatic carbocycles. The van der Waals surface area contributed by atoms with E-state index in [0.29, 0.717) is 5.69 Å². The zero-order chi connectivity index (χ0) is 14.0. The second-order valence-corrected chi connectivity index (χ2v) is 4.14. The summed E-state index contributed by atoms with van der Waals surface area (Å²) < 4.78 is 10.9. The van der Waals surface area contributed by atoms with E-state index in [1.165, 1.54) is 18.8 Å². The molecule has 0 N–H and O–H groups in total. The van der Waals surface area contributed by atoms with Crippen molar-refractivity contribution in [2.45, 2.75) is 13.3 Å². The molecule has 0 unspecified atom stereocenters. The molecule has 1 aromatic heterocycles. The minimum atomic E-state index is -0.468. The van der Waals surface area contributed by atoms with Gasteiger partial charge in [-0.3, -0.25) is 4.79 Å². The van der Waals surface area contributed by atoms with Crippen LogP contribution in [0.3, 0.4) is 0 Å². The Hall–Kier alpha value is -2.30. The van der Waals surface area contributed by atoms with Crippen molar-refractivity contribution in [1.82, 2.24) is 4.57 Å². The summed E-state index contributed by atoms with van der Waals surface area (Å²) in [5, 5.41) is 0.857. The highest BCUT2D eigenvalue weighted by molar-refractivity contribution is 5.95. The number of carbonyl (C=O) groups is 2. The molecule has 2 aromatic rings. The molecule has 0 spiro atoms. The summed E-state index contributed by atoms with van der Waals surface area (Å²) in [6, 6.07) is 7.40. The van der Waals surface area contributed by atoms with E-state index >= 15 is 0 Å². The number of carbonyl (C=O) groups excluding carboxylic acids is 2. The minimum Gasteiger partial charge on any atom is -0.469 e. The van der Waals surface area contributed by atoms with Crippen molar-refractivity contribution < 1.29 is 19.1 Å². The lowest BCUT2D eigenvalue weighted by Crippen LogP contribution is -2.13. The Labute approximate surface area is 110 Å². The van der Waals surface area contributed by atoms with Gasteiger partial charge >= 0.3 is 12.1 Å². The fraction of sp³-hybridized carbons (Fsp3) is 0.286. The summed E-state index contributed by atoms with van der Waals surface area (Å²) >= 11 is 0. The van der Waals surface area contributed by atoms with Gasteiger partial charge in [0.25, 0.3) is 0 Å². The SMILES string of the molecule is COC(=O)Cc1c(C)n(C(=O)OC)c2ccccc12. The number of para-hydroxylation sites is 1. The van der Waals surface area contributed by atoms with Crippen LogP contribution in [0.25, 0.3) is 10.9 Å². The Morgan fingerprint density at radius 3 is 2.47 bits per heavy atom. The molecule has 0 fully saturated rings. The number of esters is 1. The van der Waals surface area contributed by atoms with E-state index in [2.05, 4.69) is 4.74 Å². The highest BCUT2D eigenvalue weighted by atomic mass is 16.5. The van der Waals surface area contributed by atoms with Gasteiger partial charge in [0.05, 0.1) is 26.2 Å². The molecular formula is C14H15NO4.